The van der Waals surface area contributed by atoms with E-state index in [1.165, 1.54) is 0 Å². The van der Waals surface area contributed by atoms with E-state index in [1.807, 2.05) is 37.3 Å². The van der Waals surface area contributed by atoms with Gasteiger partial charge < -0.3 is 15.4 Å². The van der Waals surface area contributed by atoms with Gasteiger partial charge in [0.25, 0.3) is 5.91 Å². The Bertz CT molecular complexity index is 1430. The van der Waals surface area contributed by atoms with Crippen LogP contribution in [0.4, 0.5) is 11.5 Å². The van der Waals surface area contributed by atoms with E-state index in [9.17, 15) is 4.79 Å². The third-order valence-electron chi connectivity index (χ3n) is 6.73. The van der Waals surface area contributed by atoms with Crippen molar-refractivity contribution < 1.29 is 9.53 Å². The first-order valence-electron chi connectivity index (χ1n) is 12.0. The fraction of sp³-hybridized carbons (Fsp3) is 0.296. The Labute approximate surface area is 203 Å². The zero-order valence-electron chi connectivity index (χ0n) is 19.6. The minimum Gasteiger partial charge on any atom is -0.383 e. The molecule has 6 rings (SSSR count). The van der Waals surface area contributed by atoms with Crippen molar-refractivity contribution in [2.45, 2.75) is 51.9 Å². The molecule has 2 N–H and O–H groups in total. The molecule has 0 bridgehead atoms. The Morgan fingerprint density at radius 3 is 2.69 bits per heavy atom. The highest BCUT2D eigenvalue weighted by molar-refractivity contribution is 6.06. The topological polar surface area (TPSA) is 107 Å². The summed E-state index contributed by atoms with van der Waals surface area (Å²) in [5.74, 6) is 1.59. The molecule has 8 heteroatoms. The van der Waals surface area contributed by atoms with E-state index in [0.717, 1.165) is 57.6 Å². The van der Waals surface area contributed by atoms with Crippen LogP contribution in [0.3, 0.4) is 0 Å². The summed E-state index contributed by atoms with van der Waals surface area (Å²) < 4.78 is 5.60. The number of anilines is 2. The Morgan fingerprint density at radius 2 is 1.91 bits per heavy atom. The lowest BCUT2D eigenvalue weighted by atomic mass is 10.0. The van der Waals surface area contributed by atoms with Gasteiger partial charge in [-0.25, -0.2) is 15.0 Å². The molecule has 35 heavy (non-hydrogen) atoms. The third-order valence-corrected chi connectivity index (χ3v) is 6.73. The summed E-state index contributed by atoms with van der Waals surface area (Å²) >= 11 is 0. The number of ether oxygens (including phenoxy) is 1. The van der Waals surface area contributed by atoms with Gasteiger partial charge in [0.2, 0.25) is 0 Å². The molecule has 1 aliphatic carbocycles. The van der Waals surface area contributed by atoms with Crippen molar-refractivity contribution in [3.05, 3.63) is 82.7 Å². The summed E-state index contributed by atoms with van der Waals surface area (Å²) in [6, 6.07) is 9.87. The Kier molecular flexibility index (Phi) is 5.37. The monoisotopic (exact) mass is 466 g/mol. The van der Waals surface area contributed by atoms with E-state index in [2.05, 4.69) is 19.9 Å². The second kappa shape index (κ2) is 8.70. The molecule has 0 unspecified atom stereocenters. The van der Waals surface area contributed by atoms with Crippen LogP contribution in [0.15, 0.2) is 48.9 Å². The highest BCUT2D eigenvalue weighted by Crippen LogP contribution is 2.37. The lowest BCUT2D eigenvalue weighted by Gasteiger charge is -2.25. The molecular formula is C27H26N6O2. The number of carbonyl (C=O) groups is 1. The van der Waals surface area contributed by atoms with E-state index in [-0.39, 0.29) is 5.91 Å². The van der Waals surface area contributed by atoms with Crippen molar-refractivity contribution in [1.29, 1.82) is 0 Å². The van der Waals surface area contributed by atoms with Gasteiger partial charge in [-0.3, -0.25) is 9.78 Å². The summed E-state index contributed by atoms with van der Waals surface area (Å²) in [6.07, 6.45) is 7.98. The van der Waals surface area contributed by atoms with Crippen LogP contribution in [-0.2, 0) is 30.9 Å². The maximum absolute atomic E-state index is 13.8. The van der Waals surface area contributed by atoms with Crippen LogP contribution >= 0.6 is 0 Å². The number of nitrogens with two attached hydrogens (primary N) is 1. The first kappa shape index (κ1) is 21.6. The van der Waals surface area contributed by atoms with Crippen molar-refractivity contribution in [2.75, 3.05) is 10.6 Å². The molecule has 1 fully saturated rings. The third kappa shape index (κ3) is 4.00. The van der Waals surface area contributed by atoms with Crippen molar-refractivity contribution >= 4 is 28.3 Å². The van der Waals surface area contributed by atoms with Crippen molar-refractivity contribution in [3.63, 3.8) is 0 Å². The standard InChI is InChI=1S/C27H26N6O2/c1-2-22-24(4-3-9-29-22)33(27(34)18-11-30-26(31-12-18)17-6-7-17)13-16-5-8-19-20-14-35-15-21(20)25(28)32-23(19)10-16/h3-5,8-12,17H,2,6-7,13-15H2,1H3,(H2,28,32). The van der Waals surface area contributed by atoms with Gasteiger partial charge in [-0.1, -0.05) is 19.1 Å². The molecule has 1 aliphatic heterocycles. The summed E-state index contributed by atoms with van der Waals surface area (Å²) in [5, 5.41) is 1.04. The lowest BCUT2D eigenvalue weighted by Crippen LogP contribution is -2.31. The van der Waals surface area contributed by atoms with Crippen LogP contribution < -0.4 is 10.6 Å². The maximum atomic E-state index is 13.8. The zero-order valence-corrected chi connectivity index (χ0v) is 19.6. The van der Waals surface area contributed by atoms with E-state index in [0.29, 0.717) is 43.5 Å². The Morgan fingerprint density at radius 1 is 1.11 bits per heavy atom. The average Bonchev–Trinajstić information content (AvgIpc) is 3.62. The number of rotatable bonds is 6. The molecule has 0 atom stereocenters. The summed E-state index contributed by atoms with van der Waals surface area (Å²) in [6.45, 7) is 3.42. The summed E-state index contributed by atoms with van der Waals surface area (Å²) in [5.41, 5.74) is 12.1. The van der Waals surface area contributed by atoms with E-state index < -0.39 is 0 Å². The van der Waals surface area contributed by atoms with Crippen LogP contribution in [0, 0.1) is 0 Å². The lowest BCUT2D eigenvalue weighted by molar-refractivity contribution is 0.0984. The number of nitrogens with zero attached hydrogens (tertiary/aromatic N) is 5. The van der Waals surface area contributed by atoms with E-state index in [1.54, 1.807) is 23.5 Å². The second-order valence-corrected chi connectivity index (χ2v) is 9.12. The van der Waals surface area contributed by atoms with Crippen molar-refractivity contribution in [1.82, 2.24) is 19.9 Å². The average molecular weight is 467 g/mol. The molecule has 4 aromatic rings. The number of aryl methyl sites for hydroxylation is 1. The molecule has 2 aliphatic rings. The van der Waals surface area contributed by atoms with E-state index >= 15 is 0 Å². The minimum atomic E-state index is -0.162. The molecule has 8 nitrogen and oxygen atoms in total. The number of carbonyl (C=O) groups excluding carboxylic acids is 1. The number of pyridine rings is 2. The van der Waals surface area contributed by atoms with Crippen molar-refractivity contribution in [3.8, 4) is 0 Å². The fourth-order valence-corrected chi connectivity index (χ4v) is 4.67. The predicted molar refractivity (Wildman–Crippen MR) is 133 cm³/mol. The number of benzene rings is 1. The van der Waals surface area contributed by atoms with Gasteiger partial charge >= 0.3 is 0 Å². The summed E-state index contributed by atoms with van der Waals surface area (Å²) in [4.78, 5) is 33.6. The molecular weight excluding hydrogens is 440 g/mol. The number of fused-ring (bicyclic) bond motifs is 3. The molecule has 176 valence electrons. The van der Waals surface area contributed by atoms with E-state index in [4.69, 9.17) is 10.5 Å². The first-order chi connectivity index (χ1) is 17.1. The number of hydrogen-bond donors (Lipinski definition) is 1. The largest absolute Gasteiger partial charge is 0.383 e. The van der Waals surface area contributed by atoms with Crippen LogP contribution in [0.25, 0.3) is 10.9 Å². The molecule has 0 radical (unpaired) electrons. The van der Waals surface area contributed by atoms with Crippen LogP contribution in [0.5, 0.6) is 0 Å². The molecule has 4 heterocycles. The number of amides is 1. The zero-order chi connectivity index (χ0) is 23.9. The SMILES string of the molecule is CCc1ncccc1N(Cc1ccc2c3c(c(N)nc2c1)COC3)C(=O)c1cnc(C2CC2)nc1. The van der Waals surface area contributed by atoms with Gasteiger partial charge in [-0.2, -0.15) is 0 Å². The number of hydrogen-bond acceptors (Lipinski definition) is 7. The number of nitrogen functional groups attached to an aromatic ring is 1. The number of aromatic nitrogens is 4. The molecule has 1 saturated carbocycles. The molecule has 1 amide bonds. The Hall–Kier alpha value is -3.91. The quantitative estimate of drug-likeness (QED) is 0.451. The highest BCUT2D eigenvalue weighted by atomic mass is 16.5. The maximum Gasteiger partial charge on any atom is 0.261 e. The molecule has 0 saturated heterocycles. The molecule has 0 spiro atoms. The predicted octanol–water partition coefficient (Wildman–Crippen LogP) is 4.32. The van der Waals surface area contributed by atoms with Gasteiger partial charge in [-0.05, 0) is 48.6 Å². The normalized spacial score (nSPS) is 14.8. The van der Waals surface area contributed by atoms with Crippen LogP contribution in [0.2, 0.25) is 0 Å². The molecule has 1 aromatic carbocycles. The van der Waals surface area contributed by atoms with Gasteiger partial charge in [-0.15, -0.1) is 0 Å². The smallest absolute Gasteiger partial charge is 0.261 e. The minimum absolute atomic E-state index is 0.162. The highest BCUT2D eigenvalue weighted by Gasteiger charge is 2.28. The van der Waals surface area contributed by atoms with Gasteiger partial charge in [0.05, 0.1) is 42.2 Å². The van der Waals surface area contributed by atoms with Gasteiger partial charge in [0, 0.05) is 35.5 Å². The van der Waals surface area contributed by atoms with Crippen molar-refractivity contribution in [2.24, 2.45) is 0 Å². The fourth-order valence-electron chi connectivity index (χ4n) is 4.67. The van der Waals surface area contributed by atoms with Gasteiger partial charge in [0.15, 0.2) is 0 Å². The van der Waals surface area contributed by atoms with Crippen LogP contribution in [0.1, 0.15) is 64.2 Å². The Balaban J connectivity index is 1.38. The van der Waals surface area contributed by atoms with Gasteiger partial charge in [0.1, 0.15) is 11.6 Å². The summed E-state index contributed by atoms with van der Waals surface area (Å²) in [7, 11) is 0. The van der Waals surface area contributed by atoms with Crippen LogP contribution in [-0.4, -0.2) is 25.8 Å². The first-order valence-corrected chi connectivity index (χ1v) is 12.0. The molecule has 3 aromatic heterocycles. The second-order valence-electron chi connectivity index (χ2n) is 9.12.